The fourth-order valence-electron chi connectivity index (χ4n) is 2.76. The lowest BCUT2D eigenvalue weighted by Gasteiger charge is -2.21. The number of aryl methyl sites for hydroxylation is 2. The van der Waals surface area contributed by atoms with E-state index in [-0.39, 0.29) is 6.04 Å². The van der Waals surface area contributed by atoms with E-state index in [1.54, 1.807) is 0 Å². The average molecular weight is 271 g/mol. The van der Waals surface area contributed by atoms with Gasteiger partial charge in [0.05, 0.1) is 12.6 Å². The molecule has 106 valence electrons. The maximum Gasteiger partial charge on any atom is 0.125 e. The Morgan fingerprint density at radius 2 is 2.15 bits per heavy atom. The normalized spacial score (nSPS) is 15.5. The maximum atomic E-state index is 5.80. The molecule has 1 atom stereocenters. The fraction of sp³-hybridized carbons (Fsp3) is 0.412. The molecular formula is C17H21NO2. The molecule has 3 heteroatoms. The van der Waals surface area contributed by atoms with Gasteiger partial charge in [0.2, 0.25) is 0 Å². The molecule has 2 aromatic rings. The molecule has 1 N–H and O–H groups in total. The van der Waals surface area contributed by atoms with Crippen LogP contribution in [0.25, 0.3) is 0 Å². The van der Waals surface area contributed by atoms with Crippen LogP contribution < -0.4 is 10.1 Å². The third-order valence-corrected chi connectivity index (χ3v) is 3.72. The van der Waals surface area contributed by atoms with Gasteiger partial charge >= 0.3 is 0 Å². The quantitative estimate of drug-likeness (QED) is 0.922. The summed E-state index contributed by atoms with van der Waals surface area (Å²) in [5, 5.41) is 3.50. The van der Waals surface area contributed by atoms with Gasteiger partial charge < -0.3 is 14.5 Å². The maximum absolute atomic E-state index is 5.80. The molecule has 1 unspecified atom stereocenters. The van der Waals surface area contributed by atoms with Crippen LogP contribution in [0.3, 0.4) is 0 Å². The molecule has 2 heterocycles. The van der Waals surface area contributed by atoms with Crippen molar-refractivity contribution in [2.45, 2.75) is 32.7 Å². The van der Waals surface area contributed by atoms with Gasteiger partial charge in [-0.05, 0) is 55.6 Å². The highest BCUT2D eigenvalue weighted by atomic mass is 16.5. The van der Waals surface area contributed by atoms with Crippen LogP contribution in [0.4, 0.5) is 0 Å². The first-order chi connectivity index (χ1) is 9.78. The van der Waals surface area contributed by atoms with Crippen molar-refractivity contribution in [3.05, 3.63) is 53.0 Å². The molecular weight excluding hydrogens is 250 g/mol. The summed E-state index contributed by atoms with van der Waals surface area (Å²) < 4.78 is 11.5. The van der Waals surface area contributed by atoms with E-state index in [9.17, 15) is 0 Å². The van der Waals surface area contributed by atoms with Crippen molar-refractivity contribution >= 4 is 0 Å². The standard InChI is InChI=1S/C17H21NO2/c1-3-18-17(16-8-6-12(2)20-16)14-7-9-15-13(11-14)5-4-10-19-15/h6-9,11,17-18H,3-5,10H2,1-2H3. The summed E-state index contributed by atoms with van der Waals surface area (Å²) in [4.78, 5) is 0. The second-order valence-corrected chi connectivity index (χ2v) is 5.26. The zero-order valence-corrected chi connectivity index (χ0v) is 12.1. The highest BCUT2D eigenvalue weighted by Gasteiger charge is 2.19. The monoisotopic (exact) mass is 271 g/mol. The predicted octanol–water partition coefficient (Wildman–Crippen LogP) is 3.61. The Hall–Kier alpha value is -1.74. The second-order valence-electron chi connectivity index (χ2n) is 5.26. The lowest BCUT2D eigenvalue weighted by Crippen LogP contribution is -2.22. The third-order valence-electron chi connectivity index (χ3n) is 3.72. The molecule has 0 fully saturated rings. The largest absolute Gasteiger partial charge is 0.493 e. The number of furan rings is 1. The molecule has 20 heavy (non-hydrogen) atoms. The zero-order chi connectivity index (χ0) is 13.9. The molecule has 1 aromatic carbocycles. The van der Waals surface area contributed by atoms with Crippen molar-refractivity contribution < 1.29 is 9.15 Å². The summed E-state index contributed by atoms with van der Waals surface area (Å²) in [6.07, 6.45) is 2.20. The first kappa shape index (κ1) is 13.3. The average Bonchev–Trinajstić information content (AvgIpc) is 2.90. The van der Waals surface area contributed by atoms with Gasteiger partial charge in [-0.3, -0.25) is 0 Å². The van der Waals surface area contributed by atoms with Crippen molar-refractivity contribution in [2.24, 2.45) is 0 Å². The number of hydrogen-bond donors (Lipinski definition) is 1. The molecule has 0 spiro atoms. The highest BCUT2D eigenvalue weighted by molar-refractivity contribution is 5.41. The summed E-state index contributed by atoms with van der Waals surface area (Å²) in [5.41, 5.74) is 2.55. The summed E-state index contributed by atoms with van der Waals surface area (Å²) in [6.45, 7) is 5.83. The minimum atomic E-state index is 0.112. The van der Waals surface area contributed by atoms with Gasteiger partial charge in [0, 0.05) is 0 Å². The van der Waals surface area contributed by atoms with E-state index >= 15 is 0 Å². The Morgan fingerprint density at radius 3 is 2.90 bits per heavy atom. The lowest BCUT2D eigenvalue weighted by atomic mass is 9.98. The van der Waals surface area contributed by atoms with Gasteiger partial charge in [-0.15, -0.1) is 0 Å². The van der Waals surface area contributed by atoms with Crippen LogP contribution in [-0.2, 0) is 6.42 Å². The van der Waals surface area contributed by atoms with Crippen molar-refractivity contribution in [1.82, 2.24) is 5.32 Å². The van der Waals surface area contributed by atoms with Gasteiger partial charge in [0.25, 0.3) is 0 Å². The number of fused-ring (bicyclic) bond motifs is 1. The van der Waals surface area contributed by atoms with Crippen LogP contribution >= 0.6 is 0 Å². The molecule has 0 amide bonds. The minimum Gasteiger partial charge on any atom is -0.493 e. The van der Waals surface area contributed by atoms with E-state index in [0.29, 0.717) is 0 Å². The lowest BCUT2D eigenvalue weighted by molar-refractivity contribution is 0.288. The Morgan fingerprint density at radius 1 is 1.25 bits per heavy atom. The Bertz CT molecular complexity index is 588. The van der Waals surface area contributed by atoms with E-state index in [4.69, 9.17) is 9.15 Å². The van der Waals surface area contributed by atoms with Crippen molar-refractivity contribution in [3.63, 3.8) is 0 Å². The Balaban J connectivity index is 1.95. The SMILES string of the molecule is CCNC(c1ccc2c(c1)CCCO2)c1ccc(C)o1. The van der Waals surface area contributed by atoms with E-state index in [2.05, 4.69) is 36.5 Å². The molecule has 0 radical (unpaired) electrons. The summed E-state index contributed by atoms with van der Waals surface area (Å²) in [5.74, 6) is 2.95. The molecule has 0 saturated heterocycles. The summed E-state index contributed by atoms with van der Waals surface area (Å²) in [6, 6.07) is 10.7. The number of hydrogen-bond acceptors (Lipinski definition) is 3. The van der Waals surface area contributed by atoms with Crippen LogP contribution in [0.15, 0.2) is 34.7 Å². The number of benzene rings is 1. The van der Waals surface area contributed by atoms with Gasteiger partial charge in [-0.1, -0.05) is 19.1 Å². The molecule has 1 aromatic heterocycles. The fourth-order valence-corrected chi connectivity index (χ4v) is 2.76. The summed E-state index contributed by atoms with van der Waals surface area (Å²) in [7, 11) is 0. The molecule has 1 aliphatic heterocycles. The van der Waals surface area contributed by atoms with Crippen LogP contribution in [-0.4, -0.2) is 13.2 Å². The molecule has 3 rings (SSSR count). The van der Waals surface area contributed by atoms with Gasteiger partial charge in [-0.2, -0.15) is 0 Å². The van der Waals surface area contributed by atoms with Gasteiger partial charge in [0.1, 0.15) is 17.3 Å². The topological polar surface area (TPSA) is 34.4 Å². The van der Waals surface area contributed by atoms with E-state index in [0.717, 1.165) is 43.3 Å². The zero-order valence-electron chi connectivity index (χ0n) is 12.1. The highest BCUT2D eigenvalue weighted by Crippen LogP contribution is 2.30. The Labute approximate surface area is 119 Å². The van der Waals surface area contributed by atoms with Crippen LogP contribution in [0.1, 0.15) is 42.0 Å². The second kappa shape index (κ2) is 5.71. The first-order valence-corrected chi connectivity index (χ1v) is 7.33. The predicted molar refractivity (Wildman–Crippen MR) is 79.2 cm³/mol. The molecule has 0 saturated carbocycles. The smallest absolute Gasteiger partial charge is 0.125 e. The molecule has 3 nitrogen and oxygen atoms in total. The van der Waals surface area contributed by atoms with Crippen LogP contribution in [0, 0.1) is 6.92 Å². The molecule has 0 aliphatic carbocycles. The number of rotatable bonds is 4. The molecule has 1 aliphatic rings. The number of nitrogens with one attached hydrogen (secondary N) is 1. The Kier molecular flexibility index (Phi) is 3.79. The molecule has 0 bridgehead atoms. The number of ether oxygens (including phenoxy) is 1. The van der Waals surface area contributed by atoms with Crippen molar-refractivity contribution in [2.75, 3.05) is 13.2 Å². The van der Waals surface area contributed by atoms with Gasteiger partial charge in [0.15, 0.2) is 0 Å². The van der Waals surface area contributed by atoms with Crippen molar-refractivity contribution in [3.8, 4) is 5.75 Å². The minimum absolute atomic E-state index is 0.112. The van der Waals surface area contributed by atoms with E-state index < -0.39 is 0 Å². The third kappa shape index (κ3) is 2.59. The first-order valence-electron chi connectivity index (χ1n) is 7.33. The van der Waals surface area contributed by atoms with E-state index in [1.165, 1.54) is 11.1 Å². The van der Waals surface area contributed by atoms with Gasteiger partial charge in [-0.25, -0.2) is 0 Å². The summed E-state index contributed by atoms with van der Waals surface area (Å²) >= 11 is 0. The van der Waals surface area contributed by atoms with Crippen LogP contribution in [0.2, 0.25) is 0 Å². The van der Waals surface area contributed by atoms with Crippen LogP contribution in [0.5, 0.6) is 5.75 Å². The van der Waals surface area contributed by atoms with Crippen molar-refractivity contribution in [1.29, 1.82) is 0 Å². The van der Waals surface area contributed by atoms with E-state index in [1.807, 2.05) is 13.0 Å².